The summed E-state index contributed by atoms with van der Waals surface area (Å²) in [6.07, 6.45) is -0.607. The molecule has 4 rings (SSSR count). The summed E-state index contributed by atoms with van der Waals surface area (Å²) in [5.74, 6) is -0.850. The summed E-state index contributed by atoms with van der Waals surface area (Å²) in [4.78, 5) is 26.5. The molecule has 1 fully saturated rings. The topological polar surface area (TPSA) is 108 Å². The number of sulfonamides is 1. The average molecular weight is 425 g/mol. The number of ether oxygens (including phenoxy) is 1. The number of benzene rings is 2. The van der Waals surface area contributed by atoms with Crippen LogP contribution in [-0.4, -0.2) is 61.8 Å². The van der Waals surface area contributed by atoms with E-state index in [1.165, 1.54) is 21.3 Å². The second kappa shape index (κ2) is 7.89. The molecule has 2 aliphatic heterocycles. The number of carbonyl (C=O) groups is 2. The first-order chi connectivity index (χ1) is 14.4. The van der Waals surface area contributed by atoms with Crippen LogP contribution in [0.2, 0.25) is 0 Å². The van der Waals surface area contributed by atoms with Gasteiger partial charge in [0.2, 0.25) is 10.0 Å². The van der Waals surface area contributed by atoms with Gasteiger partial charge in [0, 0.05) is 32.6 Å². The molecule has 0 N–H and O–H groups in total. The monoisotopic (exact) mass is 425 g/mol. The van der Waals surface area contributed by atoms with Gasteiger partial charge < -0.3 is 9.64 Å². The van der Waals surface area contributed by atoms with Gasteiger partial charge >= 0.3 is 5.97 Å². The number of hydrogen-bond acceptors (Lipinski definition) is 6. The van der Waals surface area contributed by atoms with Crippen molar-refractivity contribution < 1.29 is 22.7 Å². The van der Waals surface area contributed by atoms with E-state index in [-0.39, 0.29) is 42.5 Å². The molecule has 1 unspecified atom stereocenters. The fourth-order valence-corrected chi connectivity index (χ4v) is 5.31. The van der Waals surface area contributed by atoms with Crippen molar-refractivity contribution in [3.05, 3.63) is 65.2 Å². The van der Waals surface area contributed by atoms with E-state index >= 15 is 0 Å². The standard InChI is InChI=1S/C21H19N3O5S/c22-14-16-6-2-4-8-19(16)30(27,28)24-11-9-23(10-12-24)20(25)18-13-15-5-1-3-7-17(15)21(26)29-18/h1-8,18H,9-13H2. The molecule has 2 aliphatic rings. The number of nitrogens with zero attached hydrogens (tertiary/aromatic N) is 3. The number of piperazine rings is 1. The number of amides is 1. The van der Waals surface area contributed by atoms with Crippen molar-refractivity contribution in [2.45, 2.75) is 17.4 Å². The third kappa shape index (κ3) is 3.56. The van der Waals surface area contributed by atoms with Crippen LogP contribution in [-0.2, 0) is 26.0 Å². The van der Waals surface area contributed by atoms with E-state index in [9.17, 15) is 23.3 Å². The fraction of sp³-hybridized carbons (Fsp3) is 0.286. The first-order valence-electron chi connectivity index (χ1n) is 9.49. The van der Waals surface area contributed by atoms with Crippen molar-refractivity contribution in [3.63, 3.8) is 0 Å². The summed E-state index contributed by atoms with van der Waals surface area (Å²) in [7, 11) is -3.84. The molecule has 8 nitrogen and oxygen atoms in total. The number of carbonyl (C=O) groups excluding carboxylic acids is 2. The highest BCUT2D eigenvalue weighted by Crippen LogP contribution is 2.24. The molecule has 1 amide bonds. The van der Waals surface area contributed by atoms with Gasteiger partial charge in [-0.05, 0) is 23.8 Å². The van der Waals surface area contributed by atoms with Crippen LogP contribution in [0.5, 0.6) is 0 Å². The highest BCUT2D eigenvalue weighted by molar-refractivity contribution is 7.89. The van der Waals surface area contributed by atoms with E-state index in [4.69, 9.17) is 4.74 Å². The molecule has 1 atom stereocenters. The molecule has 2 aromatic carbocycles. The summed E-state index contributed by atoms with van der Waals surface area (Å²) in [6, 6.07) is 15.0. The number of fused-ring (bicyclic) bond motifs is 1. The predicted molar refractivity (Wildman–Crippen MR) is 106 cm³/mol. The quantitative estimate of drug-likeness (QED) is 0.683. The van der Waals surface area contributed by atoms with Gasteiger partial charge in [-0.25, -0.2) is 13.2 Å². The number of rotatable bonds is 3. The normalized spacial score (nSPS) is 19.5. The Morgan fingerprint density at radius 1 is 1.03 bits per heavy atom. The maximum absolute atomic E-state index is 12.9. The molecule has 30 heavy (non-hydrogen) atoms. The summed E-state index contributed by atoms with van der Waals surface area (Å²) in [5, 5.41) is 9.20. The van der Waals surface area contributed by atoms with Crippen molar-refractivity contribution >= 4 is 21.9 Å². The summed E-state index contributed by atoms with van der Waals surface area (Å²) >= 11 is 0. The smallest absolute Gasteiger partial charge is 0.339 e. The zero-order valence-electron chi connectivity index (χ0n) is 16.0. The SMILES string of the molecule is N#Cc1ccccc1S(=O)(=O)N1CCN(C(=O)C2Cc3ccccc3C(=O)O2)CC1. The van der Waals surface area contributed by atoms with Crippen molar-refractivity contribution in [2.24, 2.45) is 0 Å². The van der Waals surface area contributed by atoms with Gasteiger partial charge in [0.05, 0.1) is 16.0 Å². The maximum Gasteiger partial charge on any atom is 0.339 e. The highest BCUT2D eigenvalue weighted by atomic mass is 32.2. The minimum absolute atomic E-state index is 0.0369. The van der Waals surface area contributed by atoms with E-state index in [0.717, 1.165) is 5.56 Å². The molecule has 0 spiro atoms. The van der Waals surface area contributed by atoms with Crippen LogP contribution in [0, 0.1) is 11.3 Å². The van der Waals surface area contributed by atoms with E-state index in [2.05, 4.69) is 0 Å². The van der Waals surface area contributed by atoms with Gasteiger partial charge in [-0.1, -0.05) is 30.3 Å². The van der Waals surface area contributed by atoms with Gasteiger partial charge in [-0.3, -0.25) is 4.79 Å². The molecule has 2 heterocycles. The van der Waals surface area contributed by atoms with Gasteiger partial charge in [-0.15, -0.1) is 0 Å². The first-order valence-corrected chi connectivity index (χ1v) is 10.9. The Labute approximate surface area is 174 Å². The molecule has 0 saturated carbocycles. The van der Waals surface area contributed by atoms with Crippen molar-refractivity contribution in [3.8, 4) is 6.07 Å². The minimum Gasteiger partial charge on any atom is -0.448 e. The van der Waals surface area contributed by atoms with Gasteiger partial charge in [-0.2, -0.15) is 9.57 Å². The lowest BCUT2D eigenvalue weighted by Gasteiger charge is -2.36. The summed E-state index contributed by atoms with van der Waals surface area (Å²) in [5.41, 5.74) is 1.32. The number of hydrogen-bond donors (Lipinski definition) is 0. The molecule has 1 saturated heterocycles. The minimum atomic E-state index is -3.84. The number of esters is 1. The van der Waals surface area contributed by atoms with E-state index in [0.29, 0.717) is 12.0 Å². The van der Waals surface area contributed by atoms with Gasteiger partial charge in [0.15, 0.2) is 6.10 Å². The summed E-state index contributed by atoms with van der Waals surface area (Å²) in [6.45, 7) is 0.571. The van der Waals surface area contributed by atoms with Crippen molar-refractivity contribution in [2.75, 3.05) is 26.2 Å². The van der Waals surface area contributed by atoms with Crippen LogP contribution in [0.1, 0.15) is 21.5 Å². The molecular weight excluding hydrogens is 406 g/mol. The fourth-order valence-electron chi connectivity index (χ4n) is 3.74. The van der Waals surface area contributed by atoms with E-state index in [1.54, 1.807) is 30.3 Å². The molecular formula is C21H19N3O5S. The summed E-state index contributed by atoms with van der Waals surface area (Å²) < 4.78 is 32.5. The van der Waals surface area contributed by atoms with Crippen molar-refractivity contribution in [1.29, 1.82) is 5.26 Å². The maximum atomic E-state index is 12.9. The lowest BCUT2D eigenvalue weighted by Crippen LogP contribution is -2.54. The Kier molecular flexibility index (Phi) is 5.28. The molecule has 0 aromatic heterocycles. The molecule has 0 radical (unpaired) electrons. The number of nitriles is 1. The van der Waals surface area contributed by atoms with Gasteiger partial charge in [0.25, 0.3) is 5.91 Å². The first kappa shape index (κ1) is 20.1. The average Bonchev–Trinajstić information content (AvgIpc) is 2.78. The Morgan fingerprint density at radius 2 is 1.70 bits per heavy atom. The van der Waals surface area contributed by atoms with Crippen LogP contribution in [0.3, 0.4) is 0 Å². The highest BCUT2D eigenvalue weighted by Gasteiger charge is 2.37. The predicted octanol–water partition coefficient (Wildman–Crippen LogP) is 1.17. The zero-order chi connectivity index (χ0) is 21.3. The van der Waals surface area contributed by atoms with Crippen LogP contribution < -0.4 is 0 Å². The van der Waals surface area contributed by atoms with Crippen LogP contribution in [0.25, 0.3) is 0 Å². The Bertz CT molecular complexity index is 1150. The van der Waals surface area contributed by atoms with Crippen molar-refractivity contribution in [1.82, 2.24) is 9.21 Å². The zero-order valence-corrected chi connectivity index (χ0v) is 16.8. The molecule has 154 valence electrons. The second-order valence-electron chi connectivity index (χ2n) is 7.09. The Morgan fingerprint density at radius 3 is 2.43 bits per heavy atom. The Balaban J connectivity index is 1.44. The molecule has 9 heteroatoms. The lowest BCUT2D eigenvalue weighted by molar-refractivity contribution is -0.142. The van der Waals surface area contributed by atoms with Crippen LogP contribution >= 0.6 is 0 Å². The third-order valence-corrected chi connectivity index (χ3v) is 7.30. The largest absolute Gasteiger partial charge is 0.448 e. The van der Waals surface area contributed by atoms with E-state index < -0.39 is 22.1 Å². The van der Waals surface area contributed by atoms with Crippen LogP contribution in [0.15, 0.2) is 53.4 Å². The van der Waals surface area contributed by atoms with E-state index in [1.807, 2.05) is 12.1 Å². The Hall–Kier alpha value is -3.22. The number of cyclic esters (lactones) is 1. The third-order valence-electron chi connectivity index (χ3n) is 5.34. The molecule has 0 aliphatic carbocycles. The second-order valence-corrected chi connectivity index (χ2v) is 9.00. The molecule has 2 aromatic rings. The van der Waals surface area contributed by atoms with Crippen LogP contribution in [0.4, 0.5) is 0 Å². The lowest BCUT2D eigenvalue weighted by atomic mass is 9.98. The van der Waals surface area contributed by atoms with Gasteiger partial charge in [0.1, 0.15) is 6.07 Å². The molecule has 0 bridgehead atoms.